The summed E-state index contributed by atoms with van der Waals surface area (Å²) in [4.78, 5) is 11.4. The summed E-state index contributed by atoms with van der Waals surface area (Å²) in [5.74, 6) is 0.199. The summed E-state index contributed by atoms with van der Waals surface area (Å²) in [6, 6.07) is 7.88. The molecule has 0 aromatic heterocycles. The van der Waals surface area contributed by atoms with Gasteiger partial charge in [0.05, 0.1) is 12.0 Å². The maximum absolute atomic E-state index is 11.4. The number of para-hydroxylation sites is 1. The van der Waals surface area contributed by atoms with Crippen LogP contribution in [0, 0.1) is 12.3 Å². The Hall–Kier alpha value is -1.51. The maximum atomic E-state index is 11.4. The lowest BCUT2D eigenvalue weighted by atomic mass is 9.78. The zero-order valence-corrected chi connectivity index (χ0v) is 12.1. The van der Waals surface area contributed by atoms with Crippen LogP contribution in [0.5, 0.6) is 5.75 Å². The van der Waals surface area contributed by atoms with Gasteiger partial charge in [0.15, 0.2) is 0 Å². The molecule has 0 heterocycles. The van der Waals surface area contributed by atoms with E-state index in [0.29, 0.717) is 25.9 Å². The number of aliphatic carboxylic acids is 1. The van der Waals surface area contributed by atoms with Crippen molar-refractivity contribution in [1.29, 1.82) is 0 Å². The van der Waals surface area contributed by atoms with E-state index in [0.717, 1.165) is 17.7 Å². The molecule has 19 heavy (non-hydrogen) atoms. The minimum Gasteiger partial charge on any atom is -0.493 e. The molecule has 0 bridgehead atoms. The van der Waals surface area contributed by atoms with Gasteiger partial charge >= 0.3 is 5.97 Å². The molecule has 1 aromatic rings. The van der Waals surface area contributed by atoms with E-state index in [2.05, 4.69) is 0 Å². The molecule has 0 amide bonds. The van der Waals surface area contributed by atoms with Gasteiger partial charge < -0.3 is 9.84 Å². The summed E-state index contributed by atoms with van der Waals surface area (Å²) >= 11 is 0. The van der Waals surface area contributed by atoms with Gasteiger partial charge in [-0.25, -0.2) is 0 Å². The Bertz CT molecular complexity index is 408. The molecule has 0 spiro atoms. The fraction of sp³-hybridized carbons (Fsp3) is 0.562. The first-order valence-corrected chi connectivity index (χ1v) is 6.97. The normalized spacial score (nSPS) is 11.3. The third kappa shape index (κ3) is 3.98. The predicted molar refractivity (Wildman–Crippen MR) is 76.6 cm³/mol. The van der Waals surface area contributed by atoms with Gasteiger partial charge in [-0.3, -0.25) is 4.79 Å². The van der Waals surface area contributed by atoms with E-state index in [1.807, 2.05) is 45.0 Å². The number of carboxylic acids is 1. The van der Waals surface area contributed by atoms with Crippen LogP contribution in [-0.4, -0.2) is 17.7 Å². The lowest BCUT2D eigenvalue weighted by Crippen LogP contribution is -2.30. The predicted octanol–water partition coefficient (Wildman–Crippen LogP) is 4.05. The zero-order valence-electron chi connectivity index (χ0n) is 12.1. The average molecular weight is 264 g/mol. The SMILES string of the molecule is CCC(CC)(CCCOc1ccccc1C)C(=O)O. The third-order valence-corrected chi connectivity index (χ3v) is 3.96. The van der Waals surface area contributed by atoms with Crippen LogP contribution < -0.4 is 4.74 Å². The zero-order chi connectivity index (χ0) is 14.3. The number of carbonyl (C=O) groups is 1. The topological polar surface area (TPSA) is 46.5 Å². The van der Waals surface area contributed by atoms with Crippen LogP contribution in [-0.2, 0) is 4.79 Å². The number of hydrogen-bond donors (Lipinski definition) is 1. The van der Waals surface area contributed by atoms with Crippen molar-refractivity contribution < 1.29 is 14.6 Å². The molecule has 1 rings (SSSR count). The Labute approximate surface area is 115 Å². The van der Waals surface area contributed by atoms with Crippen molar-refractivity contribution in [2.75, 3.05) is 6.61 Å². The van der Waals surface area contributed by atoms with Gasteiger partial charge in [0, 0.05) is 0 Å². The smallest absolute Gasteiger partial charge is 0.309 e. The fourth-order valence-corrected chi connectivity index (χ4v) is 2.32. The van der Waals surface area contributed by atoms with E-state index in [-0.39, 0.29) is 0 Å². The van der Waals surface area contributed by atoms with E-state index in [1.54, 1.807) is 0 Å². The minimum absolute atomic E-state index is 0.569. The first-order chi connectivity index (χ1) is 9.05. The molecule has 0 fully saturated rings. The number of aryl methyl sites for hydroxylation is 1. The van der Waals surface area contributed by atoms with Gasteiger partial charge in [-0.1, -0.05) is 32.0 Å². The molecule has 0 saturated heterocycles. The molecule has 0 aliphatic heterocycles. The molecule has 3 nitrogen and oxygen atoms in total. The van der Waals surface area contributed by atoms with Crippen molar-refractivity contribution in [1.82, 2.24) is 0 Å². The summed E-state index contributed by atoms with van der Waals surface area (Å²) in [5, 5.41) is 9.34. The Balaban J connectivity index is 2.46. The van der Waals surface area contributed by atoms with E-state index < -0.39 is 11.4 Å². The molecule has 0 unspecified atom stereocenters. The van der Waals surface area contributed by atoms with Crippen LogP contribution in [0.1, 0.15) is 45.1 Å². The van der Waals surface area contributed by atoms with Crippen molar-refractivity contribution >= 4 is 5.97 Å². The summed E-state index contributed by atoms with van der Waals surface area (Å²) in [6.07, 6.45) is 2.77. The molecule has 0 atom stereocenters. The van der Waals surface area contributed by atoms with Gasteiger partial charge in [-0.15, -0.1) is 0 Å². The van der Waals surface area contributed by atoms with Gasteiger partial charge in [-0.05, 0) is 44.2 Å². The van der Waals surface area contributed by atoms with Gasteiger partial charge in [0.1, 0.15) is 5.75 Å². The molecular weight excluding hydrogens is 240 g/mol. The van der Waals surface area contributed by atoms with E-state index in [1.165, 1.54) is 0 Å². The number of ether oxygens (including phenoxy) is 1. The largest absolute Gasteiger partial charge is 0.493 e. The van der Waals surface area contributed by atoms with Crippen molar-refractivity contribution in [2.24, 2.45) is 5.41 Å². The molecule has 3 heteroatoms. The lowest BCUT2D eigenvalue weighted by molar-refractivity contribution is -0.150. The Morgan fingerprint density at radius 2 is 1.89 bits per heavy atom. The van der Waals surface area contributed by atoms with Crippen molar-refractivity contribution in [3.05, 3.63) is 29.8 Å². The number of rotatable bonds is 8. The second-order valence-corrected chi connectivity index (χ2v) is 5.01. The second-order valence-electron chi connectivity index (χ2n) is 5.01. The van der Waals surface area contributed by atoms with E-state index in [4.69, 9.17) is 4.74 Å². The molecule has 1 N–H and O–H groups in total. The summed E-state index contributed by atoms with van der Waals surface area (Å²) in [7, 11) is 0. The van der Waals surface area contributed by atoms with Crippen molar-refractivity contribution in [3.63, 3.8) is 0 Å². The first kappa shape index (κ1) is 15.5. The van der Waals surface area contributed by atoms with Gasteiger partial charge in [0.25, 0.3) is 0 Å². The number of carboxylic acid groups (broad SMARTS) is 1. The molecule has 0 aliphatic rings. The first-order valence-electron chi connectivity index (χ1n) is 6.97. The number of benzene rings is 1. The van der Waals surface area contributed by atoms with Crippen molar-refractivity contribution in [2.45, 2.75) is 46.5 Å². The Kier molecular flexibility index (Phi) is 5.87. The second kappa shape index (κ2) is 7.17. The van der Waals surface area contributed by atoms with E-state index >= 15 is 0 Å². The van der Waals surface area contributed by atoms with Crippen molar-refractivity contribution in [3.8, 4) is 5.75 Å². The summed E-state index contributed by atoms with van der Waals surface area (Å²) in [6.45, 7) is 6.47. The highest BCUT2D eigenvalue weighted by Gasteiger charge is 2.33. The molecule has 0 saturated carbocycles. The maximum Gasteiger partial charge on any atom is 0.309 e. The van der Waals surface area contributed by atoms with Crippen LogP contribution in [0.3, 0.4) is 0 Å². The molecule has 0 aliphatic carbocycles. The Morgan fingerprint density at radius 3 is 2.42 bits per heavy atom. The molecule has 1 aromatic carbocycles. The Morgan fingerprint density at radius 1 is 1.26 bits per heavy atom. The molecule has 106 valence electrons. The monoisotopic (exact) mass is 264 g/mol. The third-order valence-electron chi connectivity index (χ3n) is 3.96. The lowest BCUT2D eigenvalue weighted by Gasteiger charge is -2.26. The van der Waals surface area contributed by atoms with Crippen LogP contribution in [0.25, 0.3) is 0 Å². The van der Waals surface area contributed by atoms with Crippen LogP contribution in [0.4, 0.5) is 0 Å². The highest BCUT2D eigenvalue weighted by atomic mass is 16.5. The fourth-order valence-electron chi connectivity index (χ4n) is 2.32. The highest BCUT2D eigenvalue weighted by molar-refractivity contribution is 5.74. The van der Waals surface area contributed by atoms with E-state index in [9.17, 15) is 9.90 Å². The van der Waals surface area contributed by atoms with Crippen LogP contribution in [0.2, 0.25) is 0 Å². The quantitative estimate of drug-likeness (QED) is 0.721. The minimum atomic E-state index is -0.687. The summed E-state index contributed by atoms with van der Waals surface area (Å²) in [5.41, 5.74) is 0.521. The molecule has 0 radical (unpaired) electrons. The highest BCUT2D eigenvalue weighted by Crippen LogP contribution is 2.32. The average Bonchev–Trinajstić information content (AvgIpc) is 2.41. The standard InChI is InChI=1S/C16H24O3/c1-4-16(5-2,15(17)18)11-8-12-19-14-10-7-6-9-13(14)3/h6-7,9-10H,4-5,8,11-12H2,1-3H3,(H,17,18). The van der Waals surface area contributed by atoms with Gasteiger partial charge in [0.2, 0.25) is 0 Å². The summed E-state index contributed by atoms with van der Waals surface area (Å²) < 4.78 is 5.71. The van der Waals surface area contributed by atoms with Crippen LogP contribution >= 0.6 is 0 Å². The number of hydrogen-bond acceptors (Lipinski definition) is 2. The molecular formula is C16H24O3. The van der Waals surface area contributed by atoms with Gasteiger partial charge in [-0.2, -0.15) is 0 Å². The van der Waals surface area contributed by atoms with Crippen LogP contribution in [0.15, 0.2) is 24.3 Å².